The number of amides is 1. The molecule has 0 saturated heterocycles. The van der Waals surface area contributed by atoms with Gasteiger partial charge in [0.25, 0.3) is 5.91 Å². The summed E-state index contributed by atoms with van der Waals surface area (Å²) < 4.78 is 10.7. The van der Waals surface area contributed by atoms with E-state index >= 15 is 0 Å². The van der Waals surface area contributed by atoms with E-state index in [1.165, 1.54) is 5.56 Å². The van der Waals surface area contributed by atoms with Crippen molar-refractivity contribution in [1.29, 1.82) is 0 Å². The Hall–Kier alpha value is -2.53. The van der Waals surface area contributed by atoms with Crippen molar-refractivity contribution < 1.29 is 14.3 Å². The molecule has 0 heterocycles. The maximum absolute atomic E-state index is 12.4. The van der Waals surface area contributed by atoms with E-state index in [0.29, 0.717) is 31.1 Å². The van der Waals surface area contributed by atoms with Crippen molar-refractivity contribution in [2.75, 3.05) is 33.4 Å². The number of hydrogen-bond donors (Lipinski definition) is 1. The van der Waals surface area contributed by atoms with Gasteiger partial charge in [-0.2, -0.15) is 0 Å². The van der Waals surface area contributed by atoms with Crippen LogP contribution in [0.15, 0.2) is 54.6 Å². The summed E-state index contributed by atoms with van der Waals surface area (Å²) in [6.45, 7) is 1.57. The predicted octanol–water partition coefficient (Wildman–Crippen LogP) is 2.10. The number of carbonyl (C=O) groups is 1. The van der Waals surface area contributed by atoms with Crippen molar-refractivity contribution in [2.45, 2.75) is 6.42 Å². The van der Waals surface area contributed by atoms with E-state index in [0.717, 1.165) is 6.42 Å². The first-order chi connectivity index (χ1) is 11.7. The van der Waals surface area contributed by atoms with Gasteiger partial charge in [-0.25, -0.2) is 0 Å². The summed E-state index contributed by atoms with van der Waals surface area (Å²) in [5, 5.41) is 0. The van der Waals surface area contributed by atoms with Crippen LogP contribution in [0.25, 0.3) is 0 Å². The molecular formula is C19H24N2O3. The molecule has 2 aromatic carbocycles. The Bertz CT molecular complexity index is 632. The second kappa shape index (κ2) is 9.57. The molecule has 0 spiro atoms. The predicted molar refractivity (Wildman–Crippen MR) is 94.3 cm³/mol. The zero-order chi connectivity index (χ0) is 17.2. The maximum atomic E-state index is 12.4. The third-order valence-electron chi connectivity index (χ3n) is 3.67. The number of carbonyl (C=O) groups excluding carboxylic acids is 1. The highest BCUT2D eigenvalue weighted by Gasteiger charge is 2.13. The Balaban J connectivity index is 1.88. The lowest BCUT2D eigenvalue weighted by molar-refractivity contribution is -0.133. The molecule has 1 amide bonds. The first-order valence-corrected chi connectivity index (χ1v) is 8.01. The number of benzene rings is 2. The van der Waals surface area contributed by atoms with Gasteiger partial charge in [0.2, 0.25) is 0 Å². The number of rotatable bonds is 9. The van der Waals surface area contributed by atoms with E-state index in [1.54, 1.807) is 24.1 Å². The summed E-state index contributed by atoms with van der Waals surface area (Å²) in [7, 11) is 1.59. The van der Waals surface area contributed by atoms with Crippen molar-refractivity contribution in [1.82, 2.24) is 4.90 Å². The van der Waals surface area contributed by atoms with Crippen LogP contribution in [0, 0.1) is 0 Å². The topological polar surface area (TPSA) is 64.8 Å². The molecule has 0 aliphatic carbocycles. The molecule has 2 aromatic rings. The molecule has 24 heavy (non-hydrogen) atoms. The first kappa shape index (κ1) is 17.8. The lowest BCUT2D eigenvalue weighted by atomic mass is 10.1. The number of hydrogen-bond acceptors (Lipinski definition) is 4. The third-order valence-corrected chi connectivity index (χ3v) is 3.67. The average molecular weight is 328 g/mol. The summed E-state index contributed by atoms with van der Waals surface area (Å²) >= 11 is 0. The fraction of sp³-hybridized carbons (Fsp3) is 0.316. The molecule has 128 valence electrons. The van der Waals surface area contributed by atoms with E-state index < -0.39 is 0 Å². The van der Waals surface area contributed by atoms with Crippen LogP contribution >= 0.6 is 0 Å². The van der Waals surface area contributed by atoms with Gasteiger partial charge in [-0.3, -0.25) is 4.79 Å². The van der Waals surface area contributed by atoms with Gasteiger partial charge in [-0.1, -0.05) is 36.4 Å². The van der Waals surface area contributed by atoms with E-state index in [-0.39, 0.29) is 12.5 Å². The fourth-order valence-corrected chi connectivity index (χ4v) is 2.35. The summed E-state index contributed by atoms with van der Waals surface area (Å²) in [5.41, 5.74) is 6.83. The zero-order valence-electron chi connectivity index (χ0n) is 14.0. The Morgan fingerprint density at radius 2 is 1.79 bits per heavy atom. The molecule has 0 aliphatic rings. The highest BCUT2D eigenvalue weighted by molar-refractivity contribution is 5.77. The maximum Gasteiger partial charge on any atom is 0.260 e. The molecule has 2 N–H and O–H groups in total. The minimum absolute atomic E-state index is 0.0119. The van der Waals surface area contributed by atoms with Crippen LogP contribution in [-0.4, -0.2) is 44.2 Å². The van der Waals surface area contributed by atoms with Crippen LogP contribution in [0.1, 0.15) is 5.56 Å². The highest BCUT2D eigenvalue weighted by atomic mass is 16.5. The number of methoxy groups -OCH3 is 1. The van der Waals surface area contributed by atoms with Crippen LogP contribution in [-0.2, 0) is 11.2 Å². The van der Waals surface area contributed by atoms with Crippen molar-refractivity contribution in [3.05, 3.63) is 60.2 Å². The Kier molecular flexibility index (Phi) is 7.11. The summed E-state index contributed by atoms with van der Waals surface area (Å²) in [6.07, 6.45) is 0.797. The Morgan fingerprint density at radius 3 is 2.50 bits per heavy atom. The summed E-state index contributed by atoms with van der Waals surface area (Å²) in [4.78, 5) is 14.1. The second-order valence-electron chi connectivity index (χ2n) is 5.37. The standard InChI is InChI=1S/C19H24N2O3/c1-23-17-8-5-9-18(14-17)24-15-19(22)21(13-11-20)12-10-16-6-3-2-4-7-16/h2-9,14H,10-13,15,20H2,1H3. The molecule has 5 heteroatoms. The lowest BCUT2D eigenvalue weighted by Gasteiger charge is -2.22. The normalized spacial score (nSPS) is 10.2. The van der Waals surface area contributed by atoms with Crippen LogP contribution in [0.5, 0.6) is 11.5 Å². The molecular weight excluding hydrogens is 304 g/mol. The molecule has 0 saturated carbocycles. The number of nitrogens with zero attached hydrogens (tertiary/aromatic N) is 1. The van der Waals surface area contributed by atoms with Crippen LogP contribution < -0.4 is 15.2 Å². The van der Waals surface area contributed by atoms with Crippen molar-refractivity contribution in [3.8, 4) is 11.5 Å². The van der Waals surface area contributed by atoms with Gasteiger partial charge in [-0.05, 0) is 24.1 Å². The smallest absolute Gasteiger partial charge is 0.260 e. The van der Waals surface area contributed by atoms with Gasteiger partial charge in [0, 0.05) is 25.7 Å². The highest BCUT2D eigenvalue weighted by Crippen LogP contribution is 2.18. The summed E-state index contributed by atoms with van der Waals surface area (Å²) in [5.74, 6) is 1.24. The molecule has 0 aromatic heterocycles. The quantitative estimate of drug-likeness (QED) is 0.766. The van der Waals surface area contributed by atoms with Gasteiger partial charge >= 0.3 is 0 Å². The van der Waals surface area contributed by atoms with Gasteiger partial charge in [-0.15, -0.1) is 0 Å². The number of ether oxygens (including phenoxy) is 2. The number of nitrogens with two attached hydrogens (primary N) is 1. The van der Waals surface area contributed by atoms with Crippen molar-refractivity contribution >= 4 is 5.91 Å². The second-order valence-corrected chi connectivity index (χ2v) is 5.37. The van der Waals surface area contributed by atoms with E-state index in [4.69, 9.17) is 15.2 Å². The van der Waals surface area contributed by atoms with Gasteiger partial charge in [0.1, 0.15) is 11.5 Å². The zero-order valence-corrected chi connectivity index (χ0v) is 14.0. The minimum atomic E-state index is -0.0702. The van der Waals surface area contributed by atoms with Gasteiger partial charge < -0.3 is 20.1 Å². The molecule has 0 bridgehead atoms. The molecule has 0 unspecified atom stereocenters. The van der Waals surface area contributed by atoms with Crippen LogP contribution in [0.2, 0.25) is 0 Å². The van der Waals surface area contributed by atoms with Gasteiger partial charge in [0.15, 0.2) is 6.61 Å². The largest absolute Gasteiger partial charge is 0.497 e. The third kappa shape index (κ3) is 5.59. The fourth-order valence-electron chi connectivity index (χ4n) is 2.35. The molecule has 0 radical (unpaired) electrons. The van der Waals surface area contributed by atoms with E-state index in [9.17, 15) is 4.79 Å². The molecule has 2 rings (SSSR count). The monoisotopic (exact) mass is 328 g/mol. The molecule has 5 nitrogen and oxygen atoms in total. The average Bonchev–Trinajstić information content (AvgIpc) is 2.64. The van der Waals surface area contributed by atoms with Crippen LogP contribution in [0.3, 0.4) is 0 Å². The van der Waals surface area contributed by atoms with Crippen LogP contribution in [0.4, 0.5) is 0 Å². The molecule has 0 aliphatic heterocycles. The summed E-state index contributed by atoms with van der Waals surface area (Å²) in [6, 6.07) is 17.3. The van der Waals surface area contributed by atoms with E-state index in [1.807, 2.05) is 30.3 Å². The SMILES string of the molecule is COc1cccc(OCC(=O)N(CCN)CCc2ccccc2)c1. The first-order valence-electron chi connectivity index (χ1n) is 8.01. The minimum Gasteiger partial charge on any atom is -0.497 e. The van der Waals surface area contributed by atoms with Gasteiger partial charge in [0.05, 0.1) is 7.11 Å². The van der Waals surface area contributed by atoms with Crippen molar-refractivity contribution in [3.63, 3.8) is 0 Å². The van der Waals surface area contributed by atoms with E-state index in [2.05, 4.69) is 12.1 Å². The van der Waals surface area contributed by atoms with Crippen molar-refractivity contribution in [2.24, 2.45) is 5.73 Å². The Morgan fingerprint density at radius 1 is 1.04 bits per heavy atom. The molecule has 0 fully saturated rings. The Labute approximate surface area is 143 Å². The molecule has 0 atom stereocenters. The lowest BCUT2D eigenvalue weighted by Crippen LogP contribution is -2.39.